The molecule has 0 fully saturated rings. The summed E-state index contributed by atoms with van der Waals surface area (Å²) in [5, 5.41) is 0. The second-order valence-electron chi connectivity index (χ2n) is 3.40. The summed E-state index contributed by atoms with van der Waals surface area (Å²) in [7, 11) is -4.83. The van der Waals surface area contributed by atoms with E-state index in [1.807, 2.05) is 6.92 Å². The molecule has 0 bridgehead atoms. The van der Waals surface area contributed by atoms with E-state index < -0.39 is 13.4 Å². The fourth-order valence-corrected chi connectivity index (χ4v) is 1.65. The van der Waals surface area contributed by atoms with Crippen LogP contribution in [0.15, 0.2) is 0 Å². The Hall–Kier alpha value is 2.11. The minimum absolute atomic E-state index is 0. The van der Waals surface area contributed by atoms with Crippen LogP contribution >= 0.6 is 7.82 Å². The minimum Gasteiger partial charge on any atom is -0.790 e. The molecule has 0 saturated heterocycles. The van der Waals surface area contributed by atoms with Crippen molar-refractivity contribution in [2.75, 3.05) is 0 Å². The van der Waals surface area contributed by atoms with Crippen LogP contribution in [0, 0.1) is 0 Å². The van der Waals surface area contributed by atoms with E-state index in [4.69, 9.17) is 0 Å². The quantitative estimate of drug-likeness (QED) is 0.356. The number of phosphoric ester groups is 1. The molecular formula is C7H15Na2O4P. The van der Waals surface area contributed by atoms with Crippen molar-refractivity contribution in [1.29, 1.82) is 0 Å². The third-order valence-electron chi connectivity index (χ3n) is 1.49. The van der Waals surface area contributed by atoms with Gasteiger partial charge in [-0.25, -0.2) is 0 Å². The fraction of sp³-hybridized carbons (Fsp3) is 1.00. The molecule has 0 aliphatic rings. The molecule has 0 aliphatic heterocycles. The second kappa shape index (κ2) is 9.17. The Balaban J connectivity index is -0.000000605. The Bertz CT molecular complexity index is 181. The molecule has 0 radical (unpaired) electrons. The van der Waals surface area contributed by atoms with Crippen molar-refractivity contribution in [2.24, 2.45) is 0 Å². The Labute approximate surface area is 130 Å². The van der Waals surface area contributed by atoms with Gasteiger partial charge in [-0.1, -0.05) is 19.8 Å². The number of phosphoric acid groups is 1. The van der Waals surface area contributed by atoms with Crippen LogP contribution in [0.1, 0.15) is 40.0 Å². The Morgan fingerprint density at radius 3 is 2.00 bits per heavy atom. The molecular weight excluding hydrogens is 225 g/mol. The van der Waals surface area contributed by atoms with Crippen molar-refractivity contribution < 1.29 is 78.0 Å². The Kier molecular flexibility index (Phi) is 14.0. The summed E-state index contributed by atoms with van der Waals surface area (Å²) in [4.78, 5) is 20.5. The Morgan fingerprint density at radius 2 is 1.71 bits per heavy atom. The van der Waals surface area contributed by atoms with E-state index in [0.717, 1.165) is 12.8 Å². The molecule has 0 aromatic rings. The van der Waals surface area contributed by atoms with Gasteiger partial charge < -0.3 is 18.9 Å². The third-order valence-corrected chi connectivity index (χ3v) is 2.21. The number of unbranched alkanes of at least 4 members (excludes halogenated alkanes) is 1. The monoisotopic (exact) mass is 240 g/mol. The maximum Gasteiger partial charge on any atom is 1.00 e. The second-order valence-corrected chi connectivity index (χ2v) is 4.48. The zero-order valence-electron chi connectivity index (χ0n) is 9.70. The van der Waals surface area contributed by atoms with Gasteiger partial charge in [-0.3, -0.25) is 0 Å². The molecule has 0 N–H and O–H groups in total. The van der Waals surface area contributed by atoms with Crippen molar-refractivity contribution in [1.82, 2.24) is 0 Å². The smallest absolute Gasteiger partial charge is 0.790 e. The maximum atomic E-state index is 10.3. The van der Waals surface area contributed by atoms with Crippen LogP contribution in [0.3, 0.4) is 0 Å². The van der Waals surface area contributed by atoms with Gasteiger partial charge in [0.25, 0.3) is 0 Å². The summed E-state index contributed by atoms with van der Waals surface area (Å²) in [6.07, 6.45) is 2.39. The first-order chi connectivity index (χ1) is 5.27. The average Bonchev–Trinajstić information content (AvgIpc) is 1.78. The fourth-order valence-electron chi connectivity index (χ4n) is 0.951. The standard InChI is InChI=1S/C7H17O4P.2Na/c1-4-5-6-7(2,3)11-12(8,9)10;;/h4-6H2,1-3H3,(H2,8,9,10);;/q;2*+1/p-2. The topological polar surface area (TPSA) is 72.4 Å². The zero-order valence-corrected chi connectivity index (χ0v) is 14.6. The van der Waals surface area contributed by atoms with Crippen molar-refractivity contribution in [3.63, 3.8) is 0 Å². The van der Waals surface area contributed by atoms with Crippen LogP contribution in [0.2, 0.25) is 0 Å². The predicted octanol–water partition coefficient (Wildman–Crippen LogP) is -5.19. The van der Waals surface area contributed by atoms with E-state index in [1.165, 1.54) is 0 Å². The van der Waals surface area contributed by atoms with Crippen molar-refractivity contribution in [3.8, 4) is 0 Å². The first kappa shape index (κ1) is 21.4. The number of hydrogen-bond acceptors (Lipinski definition) is 4. The first-order valence-electron chi connectivity index (χ1n) is 4.00. The van der Waals surface area contributed by atoms with Gasteiger partial charge in [0.15, 0.2) is 0 Å². The van der Waals surface area contributed by atoms with Gasteiger partial charge in [0.05, 0.1) is 13.4 Å². The van der Waals surface area contributed by atoms with Gasteiger partial charge in [-0.15, -0.1) is 0 Å². The van der Waals surface area contributed by atoms with E-state index in [0.29, 0.717) is 6.42 Å². The van der Waals surface area contributed by atoms with Crippen molar-refractivity contribution in [3.05, 3.63) is 0 Å². The van der Waals surface area contributed by atoms with Crippen LogP contribution in [0.5, 0.6) is 0 Å². The van der Waals surface area contributed by atoms with Gasteiger partial charge in [0.1, 0.15) is 0 Å². The summed E-state index contributed by atoms with van der Waals surface area (Å²) >= 11 is 0. The number of rotatable bonds is 5. The molecule has 0 rings (SSSR count). The van der Waals surface area contributed by atoms with E-state index in [2.05, 4.69) is 4.52 Å². The molecule has 0 spiro atoms. The summed E-state index contributed by atoms with van der Waals surface area (Å²) in [5.74, 6) is 0. The van der Waals surface area contributed by atoms with Gasteiger partial charge in [0.2, 0.25) is 0 Å². The van der Waals surface area contributed by atoms with Crippen LogP contribution in [-0.2, 0) is 9.09 Å². The van der Waals surface area contributed by atoms with Gasteiger partial charge in [0, 0.05) is 0 Å². The molecule has 4 nitrogen and oxygen atoms in total. The summed E-state index contributed by atoms with van der Waals surface area (Å²) in [6, 6.07) is 0. The van der Waals surface area contributed by atoms with Gasteiger partial charge in [-0.2, -0.15) is 0 Å². The molecule has 0 aliphatic carbocycles. The molecule has 0 aromatic carbocycles. The zero-order chi connectivity index (χ0) is 9.83. The summed E-state index contributed by atoms with van der Waals surface area (Å²) in [6.45, 7) is 5.19. The minimum atomic E-state index is -4.83. The molecule has 0 unspecified atom stereocenters. The summed E-state index contributed by atoms with van der Waals surface area (Å²) < 4.78 is 14.6. The van der Waals surface area contributed by atoms with Crippen LogP contribution in [0.4, 0.5) is 0 Å². The first-order valence-corrected chi connectivity index (χ1v) is 5.46. The third kappa shape index (κ3) is 14.1. The largest absolute Gasteiger partial charge is 1.00 e. The van der Waals surface area contributed by atoms with Crippen molar-refractivity contribution in [2.45, 2.75) is 45.6 Å². The number of hydrogen-bond donors (Lipinski definition) is 0. The maximum absolute atomic E-state index is 10.3. The van der Waals surface area contributed by atoms with Gasteiger partial charge >= 0.3 is 59.1 Å². The van der Waals surface area contributed by atoms with Crippen LogP contribution < -0.4 is 68.9 Å². The molecule has 0 amide bonds. The average molecular weight is 240 g/mol. The van der Waals surface area contributed by atoms with E-state index in [-0.39, 0.29) is 59.1 Å². The van der Waals surface area contributed by atoms with E-state index in [1.54, 1.807) is 13.8 Å². The Morgan fingerprint density at radius 1 is 1.29 bits per heavy atom. The predicted molar refractivity (Wildman–Crippen MR) is 42.3 cm³/mol. The molecule has 0 saturated carbocycles. The van der Waals surface area contributed by atoms with E-state index >= 15 is 0 Å². The molecule has 74 valence electrons. The molecule has 14 heavy (non-hydrogen) atoms. The van der Waals surface area contributed by atoms with Crippen LogP contribution in [-0.4, -0.2) is 5.60 Å². The molecule has 0 aromatic heterocycles. The van der Waals surface area contributed by atoms with E-state index in [9.17, 15) is 14.4 Å². The molecule has 0 heterocycles. The molecule has 7 heteroatoms. The SMILES string of the molecule is CCCCC(C)(C)OP(=O)([O-])[O-].[Na+].[Na+]. The van der Waals surface area contributed by atoms with Gasteiger partial charge in [-0.05, 0) is 20.3 Å². The van der Waals surface area contributed by atoms with Crippen LogP contribution in [0.25, 0.3) is 0 Å². The van der Waals surface area contributed by atoms with Crippen molar-refractivity contribution >= 4 is 7.82 Å². The normalized spacial score (nSPS) is 11.5. The summed E-state index contributed by atoms with van der Waals surface area (Å²) in [5.41, 5.74) is -0.852. The molecule has 0 atom stereocenters.